The summed E-state index contributed by atoms with van der Waals surface area (Å²) in [5, 5.41) is 9.90. The summed E-state index contributed by atoms with van der Waals surface area (Å²) in [7, 11) is -4.58. The molecule has 0 aliphatic carbocycles. The molecule has 14 heavy (non-hydrogen) atoms. The van der Waals surface area contributed by atoms with E-state index >= 15 is 0 Å². The van der Waals surface area contributed by atoms with Crippen LogP contribution in [-0.2, 0) is 4.57 Å². The molecule has 0 fully saturated rings. The molecule has 2 N–H and O–H groups in total. The summed E-state index contributed by atoms with van der Waals surface area (Å²) in [6.07, 6.45) is 0. The highest BCUT2D eigenvalue weighted by atomic mass is 31.2. The number of hydrogen-bond acceptors (Lipinski definition) is 3. The van der Waals surface area contributed by atoms with Crippen LogP contribution in [0, 0.1) is 17.0 Å². The number of nitro benzene ring substituents is 1. The average Bonchev–Trinajstić information content (AvgIpc) is 2.01. The van der Waals surface area contributed by atoms with Gasteiger partial charge in [0, 0.05) is 6.07 Å². The second-order valence-corrected chi connectivity index (χ2v) is 4.36. The van der Waals surface area contributed by atoms with Crippen molar-refractivity contribution in [3.63, 3.8) is 0 Å². The van der Waals surface area contributed by atoms with Crippen LogP contribution >= 0.6 is 7.60 Å². The molecule has 0 spiro atoms. The predicted octanol–water partition coefficient (Wildman–Crippen LogP) is 0.706. The van der Waals surface area contributed by atoms with E-state index in [1.807, 2.05) is 0 Å². The molecule has 0 saturated heterocycles. The average molecular weight is 217 g/mol. The van der Waals surface area contributed by atoms with E-state index in [0.29, 0.717) is 5.56 Å². The van der Waals surface area contributed by atoms with E-state index in [0.717, 1.165) is 12.1 Å². The van der Waals surface area contributed by atoms with Crippen molar-refractivity contribution in [2.45, 2.75) is 6.92 Å². The Kier molecular flexibility index (Phi) is 2.71. The summed E-state index contributed by atoms with van der Waals surface area (Å²) in [5.41, 5.74) is 0.0119. The number of aryl methyl sites for hydroxylation is 1. The Morgan fingerprint density at radius 1 is 1.43 bits per heavy atom. The van der Waals surface area contributed by atoms with E-state index in [1.165, 1.54) is 6.07 Å². The van der Waals surface area contributed by atoms with Gasteiger partial charge < -0.3 is 9.79 Å². The third kappa shape index (κ3) is 2.17. The minimum absolute atomic E-state index is 0.539. The van der Waals surface area contributed by atoms with Crippen LogP contribution in [0.25, 0.3) is 0 Å². The highest BCUT2D eigenvalue weighted by Crippen LogP contribution is 2.37. The van der Waals surface area contributed by atoms with Crippen LogP contribution < -0.4 is 5.30 Å². The van der Waals surface area contributed by atoms with Crippen LogP contribution in [0.5, 0.6) is 0 Å². The maximum absolute atomic E-state index is 10.9. The number of benzene rings is 1. The lowest BCUT2D eigenvalue weighted by Crippen LogP contribution is -2.10. The zero-order chi connectivity index (χ0) is 10.9. The van der Waals surface area contributed by atoms with Crippen molar-refractivity contribution in [3.8, 4) is 0 Å². The Morgan fingerprint density at radius 3 is 2.43 bits per heavy atom. The zero-order valence-corrected chi connectivity index (χ0v) is 8.14. The molecule has 0 atom stereocenters. The lowest BCUT2D eigenvalue weighted by Gasteiger charge is -2.05. The van der Waals surface area contributed by atoms with Crippen molar-refractivity contribution < 1.29 is 19.3 Å². The lowest BCUT2D eigenvalue weighted by atomic mass is 10.2. The van der Waals surface area contributed by atoms with Crippen molar-refractivity contribution in [2.24, 2.45) is 0 Å². The van der Waals surface area contributed by atoms with Gasteiger partial charge in [-0.15, -0.1) is 0 Å². The molecule has 1 aromatic rings. The SMILES string of the molecule is Cc1ccc([N+](=O)[O-])c(P(=O)(O)O)c1. The van der Waals surface area contributed by atoms with Gasteiger partial charge in [-0.3, -0.25) is 14.7 Å². The van der Waals surface area contributed by atoms with Gasteiger partial charge in [0.1, 0.15) is 5.30 Å². The first kappa shape index (κ1) is 10.8. The minimum Gasteiger partial charge on any atom is -0.321 e. The smallest absolute Gasteiger partial charge is 0.321 e. The summed E-state index contributed by atoms with van der Waals surface area (Å²) < 4.78 is 10.9. The molecule has 6 nitrogen and oxygen atoms in total. The van der Waals surface area contributed by atoms with Gasteiger partial charge in [0.05, 0.1) is 4.92 Å². The van der Waals surface area contributed by atoms with E-state index in [1.54, 1.807) is 6.92 Å². The number of hydrogen-bond donors (Lipinski definition) is 2. The van der Waals surface area contributed by atoms with Gasteiger partial charge in [0.15, 0.2) is 0 Å². The number of nitro groups is 1. The summed E-state index contributed by atoms with van der Waals surface area (Å²) in [4.78, 5) is 27.3. The Hall–Kier alpha value is -1.23. The van der Waals surface area contributed by atoms with Gasteiger partial charge in [-0.05, 0) is 18.6 Å². The van der Waals surface area contributed by atoms with Gasteiger partial charge in [-0.25, -0.2) is 0 Å². The minimum atomic E-state index is -4.58. The highest BCUT2D eigenvalue weighted by Gasteiger charge is 2.28. The second kappa shape index (κ2) is 3.49. The maximum atomic E-state index is 10.9. The fourth-order valence-corrected chi connectivity index (χ4v) is 1.85. The molecule has 7 heteroatoms. The zero-order valence-electron chi connectivity index (χ0n) is 7.25. The van der Waals surface area contributed by atoms with E-state index in [9.17, 15) is 14.7 Å². The van der Waals surface area contributed by atoms with Crippen LogP contribution in [0.1, 0.15) is 5.56 Å². The van der Waals surface area contributed by atoms with E-state index in [4.69, 9.17) is 9.79 Å². The second-order valence-electron chi connectivity index (χ2n) is 2.79. The Bertz CT molecular complexity index is 424. The van der Waals surface area contributed by atoms with Gasteiger partial charge in [0.2, 0.25) is 0 Å². The molecule has 0 unspecified atom stereocenters. The van der Waals surface area contributed by atoms with Gasteiger partial charge in [0.25, 0.3) is 5.69 Å². The molecule has 0 aromatic heterocycles. The largest absolute Gasteiger partial charge is 0.363 e. The van der Waals surface area contributed by atoms with Crippen molar-refractivity contribution in [1.82, 2.24) is 0 Å². The van der Waals surface area contributed by atoms with Gasteiger partial charge in [-0.2, -0.15) is 0 Å². The summed E-state index contributed by atoms with van der Waals surface area (Å²) in [6.45, 7) is 1.60. The lowest BCUT2D eigenvalue weighted by molar-refractivity contribution is -0.383. The van der Waals surface area contributed by atoms with Crippen molar-refractivity contribution >= 4 is 18.6 Å². The summed E-state index contributed by atoms with van der Waals surface area (Å²) in [5.74, 6) is 0. The number of nitrogens with zero attached hydrogens (tertiary/aromatic N) is 1. The molecule has 0 saturated carbocycles. The van der Waals surface area contributed by atoms with Gasteiger partial charge in [-0.1, -0.05) is 6.07 Å². The van der Waals surface area contributed by atoms with Crippen LogP contribution in [0.2, 0.25) is 0 Å². The molecule has 0 bridgehead atoms. The maximum Gasteiger partial charge on any atom is 0.363 e. The number of rotatable bonds is 2. The first-order valence-electron chi connectivity index (χ1n) is 3.63. The molecule has 1 rings (SSSR count). The molecule has 76 valence electrons. The van der Waals surface area contributed by atoms with E-state index in [-0.39, 0.29) is 0 Å². The molecular weight excluding hydrogens is 209 g/mol. The standard InChI is InChI=1S/C7H8NO5P/c1-5-2-3-6(8(9)10)7(4-5)14(11,12)13/h2-4H,1H3,(H2,11,12,13). The fourth-order valence-electron chi connectivity index (χ4n) is 1.02. The molecular formula is C7H8NO5P. The first-order chi connectivity index (χ1) is 6.32. The Balaban J connectivity index is 3.46. The summed E-state index contributed by atoms with van der Waals surface area (Å²) >= 11 is 0. The summed E-state index contributed by atoms with van der Waals surface area (Å²) in [6, 6.07) is 3.64. The monoisotopic (exact) mass is 217 g/mol. The Morgan fingerprint density at radius 2 is 2.00 bits per heavy atom. The van der Waals surface area contributed by atoms with Crippen LogP contribution in [0.15, 0.2) is 18.2 Å². The van der Waals surface area contributed by atoms with Crippen LogP contribution in [0.3, 0.4) is 0 Å². The normalized spacial score (nSPS) is 11.4. The third-order valence-electron chi connectivity index (χ3n) is 1.64. The predicted molar refractivity (Wildman–Crippen MR) is 49.5 cm³/mol. The molecule has 0 radical (unpaired) electrons. The first-order valence-corrected chi connectivity index (χ1v) is 5.25. The van der Waals surface area contributed by atoms with Crippen molar-refractivity contribution in [3.05, 3.63) is 33.9 Å². The molecule has 0 aliphatic rings. The fraction of sp³-hybridized carbons (Fsp3) is 0.143. The highest BCUT2D eigenvalue weighted by molar-refractivity contribution is 7.60. The topological polar surface area (TPSA) is 101 Å². The van der Waals surface area contributed by atoms with Crippen LogP contribution in [-0.4, -0.2) is 14.7 Å². The third-order valence-corrected chi connectivity index (χ3v) is 2.63. The Labute approximate surface area is 79.5 Å². The molecule has 0 amide bonds. The van der Waals surface area contributed by atoms with Crippen molar-refractivity contribution in [2.75, 3.05) is 0 Å². The quantitative estimate of drug-likeness (QED) is 0.431. The molecule has 0 aliphatic heterocycles. The van der Waals surface area contributed by atoms with Crippen LogP contribution in [0.4, 0.5) is 5.69 Å². The van der Waals surface area contributed by atoms with E-state index < -0.39 is 23.5 Å². The van der Waals surface area contributed by atoms with Crippen molar-refractivity contribution in [1.29, 1.82) is 0 Å². The van der Waals surface area contributed by atoms with E-state index in [2.05, 4.69) is 0 Å². The van der Waals surface area contributed by atoms with Gasteiger partial charge >= 0.3 is 7.60 Å². The molecule has 0 heterocycles. The molecule has 1 aromatic carbocycles.